The molecule has 0 saturated carbocycles. The maximum absolute atomic E-state index is 13.3. The van der Waals surface area contributed by atoms with Crippen molar-refractivity contribution < 1.29 is 14.3 Å². The average Bonchev–Trinajstić information content (AvgIpc) is 3.06. The number of amides is 2. The van der Waals surface area contributed by atoms with Gasteiger partial charge in [-0.25, -0.2) is 0 Å². The number of carbonyl (C=O) groups excluding carboxylic acids is 2. The average molecular weight is 460 g/mol. The summed E-state index contributed by atoms with van der Waals surface area (Å²) in [5.41, 5.74) is 5.53. The minimum atomic E-state index is -0.507. The molecule has 0 atom stereocenters. The molecular formula is C26H25N3O3S. The quantitative estimate of drug-likeness (QED) is 0.343. The Hall–Kier alpha value is -3.71. The Balaban J connectivity index is 1.71. The van der Waals surface area contributed by atoms with Crippen LogP contribution in [0.4, 0.5) is 5.69 Å². The van der Waals surface area contributed by atoms with Gasteiger partial charge >= 0.3 is 0 Å². The lowest BCUT2D eigenvalue weighted by molar-refractivity contribution is -0.122. The molecule has 0 spiro atoms. The van der Waals surface area contributed by atoms with E-state index in [1.54, 1.807) is 30.3 Å². The van der Waals surface area contributed by atoms with E-state index >= 15 is 0 Å². The first kappa shape index (κ1) is 22.5. The van der Waals surface area contributed by atoms with Crippen LogP contribution in [0.25, 0.3) is 11.8 Å². The molecule has 6 nitrogen and oxygen atoms in total. The van der Waals surface area contributed by atoms with Crippen LogP contribution >= 0.6 is 12.2 Å². The maximum Gasteiger partial charge on any atom is 0.270 e. The topological polar surface area (TPSA) is 63.6 Å². The van der Waals surface area contributed by atoms with Gasteiger partial charge in [-0.3, -0.25) is 19.8 Å². The third kappa shape index (κ3) is 4.32. The minimum absolute atomic E-state index is 0.0293. The lowest BCUT2D eigenvalue weighted by Gasteiger charge is -2.29. The van der Waals surface area contributed by atoms with Gasteiger partial charge in [-0.2, -0.15) is 0 Å². The number of nitrogens with zero attached hydrogens (tertiary/aromatic N) is 2. The normalized spacial score (nSPS) is 15.2. The molecule has 1 aromatic heterocycles. The molecule has 0 bridgehead atoms. The molecule has 1 saturated heterocycles. The molecule has 4 rings (SSSR count). The van der Waals surface area contributed by atoms with Crippen molar-refractivity contribution in [2.24, 2.45) is 0 Å². The second kappa shape index (κ2) is 9.03. The summed E-state index contributed by atoms with van der Waals surface area (Å²) in [5.74, 6) is -0.277. The van der Waals surface area contributed by atoms with Crippen LogP contribution in [0.1, 0.15) is 29.4 Å². The van der Waals surface area contributed by atoms with Crippen LogP contribution in [-0.4, -0.2) is 28.1 Å². The fraction of sp³-hybridized carbons (Fsp3) is 0.192. The number of aryl methyl sites for hydroxylation is 2. The van der Waals surface area contributed by atoms with Crippen LogP contribution in [0.5, 0.6) is 5.75 Å². The first-order valence-corrected chi connectivity index (χ1v) is 11.1. The number of aromatic nitrogens is 1. The number of hydrogen-bond acceptors (Lipinski definition) is 4. The highest BCUT2D eigenvalue weighted by Crippen LogP contribution is 2.27. The summed E-state index contributed by atoms with van der Waals surface area (Å²) < 4.78 is 7.57. The van der Waals surface area contributed by atoms with Crippen molar-refractivity contribution in [3.05, 3.63) is 82.7 Å². The zero-order chi connectivity index (χ0) is 23.7. The van der Waals surface area contributed by atoms with E-state index in [0.29, 0.717) is 18.0 Å². The maximum atomic E-state index is 13.3. The predicted octanol–water partition coefficient (Wildman–Crippen LogP) is 4.63. The van der Waals surface area contributed by atoms with Gasteiger partial charge in [0.2, 0.25) is 0 Å². The van der Waals surface area contributed by atoms with E-state index in [1.165, 1.54) is 10.5 Å². The molecule has 7 heteroatoms. The Morgan fingerprint density at radius 3 is 2.24 bits per heavy atom. The molecule has 1 aliphatic rings. The minimum Gasteiger partial charge on any atom is -0.494 e. The SMILES string of the molecule is CCOc1ccc(N2C(=O)C(=Cc3cc(C)n(-c4ccc(C)cc4)c3C)C(=O)NC2=S)cc1. The van der Waals surface area contributed by atoms with E-state index in [9.17, 15) is 9.59 Å². The van der Waals surface area contributed by atoms with E-state index in [4.69, 9.17) is 17.0 Å². The fourth-order valence-electron chi connectivity index (χ4n) is 3.93. The van der Waals surface area contributed by atoms with Crippen molar-refractivity contribution in [3.8, 4) is 11.4 Å². The number of nitrogens with one attached hydrogen (secondary N) is 1. The van der Waals surface area contributed by atoms with E-state index in [2.05, 4.69) is 34.1 Å². The number of ether oxygens (including phenoxy) is 1. The van der Waals surface area contributed by atoms with Crippen LogP contribution in [0.3, 0.4) is 0 Å². The number of anilines is 1. The first-order chi connectivity index (χ1) is 15.8. The predicted molar refractivity (Wildman–Crippen MR) is 134 cm³/mol. The number of hydrogen-bond donors (Lipinski definition) is 1. The van der Waals surface area contributed by atoms with Crippen molar-refractivity contribution in [2.45, 2.75) is 27.7 Å². The number of benzene rings is 2. The lowest BCUT2D eigenvalue weighted by atomic mass is 10.1. The highest BCUT2D eigenvalue weighted by Gasteiger charge is 2.34. The summed E-state index contributed by atoms with van der Waals surface area (Å²) in [6.07, 6.45) is 1.63. The molecule has 33 heavy (non-hydrogen) atoms. The monoisotopic (exact) mass is 459 g/mol. The smallest absolute Gasteiger partial charge is 0.270 e. The Morgan fingerprint density at radius 1 is 0.970 bits per heavy atom. The summed E-state index contributed by atoms with van der Waals surface area (Å²) in [7, 11) is 0. The molecule has 2 amide bonds. The highest BCUT2D eigenvalue weighted by molar-refractivity contribution is 7.80. The van der Waals surface area contributed by atoms with E-state index in [-0.39, 0.29) is 10.7 Å². The Morgan fingerprint density at radius 2 is 1.61 bits per heavy atom. The van der Waals surface area contributed by atoms with Crippen LogP contribution in [0.2, 0.25) is 0 Å². The molecule has 0 aliphatic carbocycles. The second-order valence-corrected chi connectivity index (χ2v) is 8.27. The number of carbonyl (C=O) groups is 2. The molecule has 168 valence electrons. The second-order valence-electron chi connectivity index (χ2n) is 7.88. The largest absolute Gasteiger partial charge is 0.494 e. The summed E-state index contributed by atoms with van der Waals surface area (Å²) in [6.45, 7) is 8.46. The van der Waals surface area contributed by atoms with Gasteiger partial charge in [0.1, 0.15) is 11.3 Å². The lowest BCUT2D eigenvalue weighted by Crippen LogP contribution is -2.54. The molecule has 3 aromatic rings. The van der Waals surface area contributed by atoms with Gasteiger partial charge < -0.3 is 9.30 Å². The van der Waals surface area contributed by atoms with Crippen molar-refractivity contribution in [1.29, 1.82) is 0 Å². The van der Waals surface area contributed by atoms with Crippen molar-refractivity contribution >= 4 is 40.9 Å². The van der Waals surface area contributed by atoms with Gasteiger partial charge in [0, 0.05) is 17.1 Å². The Kier molecular flexibility index (Phi) is 6.16. The number of thiocarbonyl (C=S) groups is 1. The zero-order valence-corrected chi connectivity index (χ0v) is 19.8. The van der Waals surface area contributed by atoms with Crippen molar-refractivity contribution in [1.82, 2.24) is 9.88 Å². The standard InChI is InChI=1S/C26H25N3O3S/c1-5-32-22-12-10-21(11-13-22)29-25(31)23(24(30)27-26(29)33)15-19-14-17(3)28(18(19)4)20-8-6-16(2)7-9-20/h6-15H,5H2,1-4H3,(H,27,30,33). The summed E-state index contributed by atoms with van der Waals surface area (Å²) >= 11 is 5.30. The summed E-state index contributed by atoms with van der Waals surface area (Å²) in [6, 6.07) is 17.2. The van der Waals surface area contributed by atoms with Crippen LogP contribution in [-0.2, 0) is 9.59 Å². The first-order valence-electron chi connectivity index (χ1n) is 10.7. The molecule has 1 fully saturated rings. The van der Waals surface area contributed by atoms with Gasteiger partial charge in [-0.15, -0.1) is 0 Å². The van der Waals surface area contributed by atoms with E-state index < -0.39 is 11.8 Å². The Labute approximate surface area is 198 Å². The highest BCUT2D eigenvalue weighted by atomic mass is 32.1. The molecule has 1 aliphatic heterocycles. The Bertz CT molecular complexity index is 1270. The third-order valence-corrected chi connectivity index (χ3v) is 5.85. The van der Waals surface area contributed by atoms with E-state index in [1.807, 2.05) is 33.8 Å². The van der Waals surface area contributed by atoms with Crippen LogP contribution < -0.4 is 15.0 Å². The van der Waals surface area contributed by atoms with E-state index in [0.717, 1.165) is 22.6 Å². The van der Waals surface area contributed by atoms with Crippen LogP contribution in [0, 0.1) is 20.8 Å². The molecule has 0 radical (unpaired) electrons. The fourth-order valence-corrected chi connectivity index (χ4v) is 4.21. The molecule has 1 N–H and O–H groups in total. The third-order valence-electron chi connectivity index (χ3n) is 5.57. The molecule has 2 heterocycles. The van der Waals surface area contributed by atoms with Gasteiger partial charge in [0.05, 0.1) is 12.3 Å². The van der Waals surface area contributed by atoms with Gasteiger partial charge in [0.15, 0.2) is 5.11 Å². The number of rotatable bonds is 5. The van der Waals surface area contributed by atoms with Crippen molar-refractivity contribution in [2.75, 3.05) is 11.5 Å². The van der Waals surface area contributed by atoms with Gasteiger partial charge in [0.25, 0.3) is 11.8 Å². The van der Waals surface area contributed by atoms with Gasteiger partial charge in [-0.05, 0) is 94.0 Å². The van der Waals surface area contributed by atoms with Crippen molar-refractivity contribution in [3.63, 3.8) is 0 Å². The summed E-state index contributed by atoms with van der Waals surface area (Å²) in [5, 5.41) is 2.69. The van der Waals surface area contributed by atoms with Gasteiger partial charge in [-0.1, -0.05) is 17.7 Å². The molecule has 2 aromatic carbocycles. The summed E-state index contributed by atoms with van der Waals surface area (Å²) in [4.78, 5) is 27.4. The molecule has 0 unspecified atom stereocenters. The molecular weight excluding hydrogens is 434 g/mol. The zero-order valence-electron chi connectivity index (χ0n) is 19.0. The van der Waals surface area contributed by atoms with Crippen LogP contribution in [0.15, 0.2) is 60.2 Å².